The molecule has 9 nitrogen and oxygen atoms in total. The lowest BCUT2D eigenvalue weighted by Crippen LogP contribution is -2.68. The minimum Gasteiger partial charge on any atom is -0.489 e. The summed E-state index contributed by atoms with van der Waals surface area (Å²) >= 11 is 0. The highest BCUT2D eigenvalue weighted by Gasteiger charge is 2.44. The molecule has 37 heavy (non-hydrogen) atoms. The zero-order valence-electron chi connectivity index (χ0n) is 21.6. The molecular weight excluding hydrogens is 468 g/mol. The van der Waals surface area contributed by atoms with Crippen molar-refractivity contribution >= 4 is 11.3 Å². The van der Waals surface area contributed by atoms with E-state index in [-0.39, 0.29) is 6.61 Å². The summed E-state index contributed by atoms with van der Waals surface area (Å²) in [4.78, 5) is 9.48. The lowest BCUT2D eigenvalue weighted by atomic mass is 9.87. The van der Waals surface area contributed by atoms with Crippen LogP contribution < -0.4 is 9.64 Å². The largest absolute Gasteiger partial charge is 0.489 e. The first-order valence-electron chi connectivity index (χ1n) is 12.5. The van der Waals surface area contributed by atoms with Gasteiger partial charge in [0.1, 0.15) is 29.8 Å². The minimum absolute atomic E-state index is 0.124. The van der Waals surface area contributed by atoms with Crippen molar-refractivity contribution in [1.29, 1.82) is 5.26 Å². The standard InChI is InChI=1S/C28H32N6O3/c1-27(2,35)8-5-9-33-21-10-22(33)16-32(15-21)25-7-6-19(13-30-25)24-11-23(37-18-28(3,4)36)17-34-26(24)20(12-29)14-31-34/h6-7,11,13-14,17,21-22,35-36H,9-10,15-16,18H2,1-4H3. The SMILES string of the molecule is CC(C)(O)C#CCN1C2CC1CN(c1ccc(-c3cc(OCC(C)(C)O)cn4ncc(C#N)c34)cn1)C2. The third-order valence-corrected chi connectivity index (χ3v) is 6.68. The Morgan fingerprint density at radius 3 is 2.51 bits per heavy atom. The van der Waals surface area contributed by atoms with Gasteiger partial charge in [0.05, 0.1) is 35.6 Å². The molecule has 6 rings (SSSR count). The maximum Gasteiger partial charge on any atom is 0.138 e. The zero-order valence-corrected chi connectivity index (χ0v) is 21.6. The molecule has 0 aromatic carbocycles. The summed E-state index contributed by atoms with van der Waals surface area (Å²) in [7, 11) is 0. The number of aromatic nitrogens is 3. The van der Waals surface area contributed by atoms with Crippen molar-refractivity contribution < 1.29 is 14.9 Å². The van der Waals surface area contributed by atoms with Gasteiger partial charge in [-0.15, -0.1) is 0 Å². The average molecular weight is 501 g/mol. The fourth-order valence-electron chi connectivity index (χ4n) is 4.95. The first-order chi connectivity index (χ1) is 17.5. The van der Waals surface area contributed by atoms with Gasteiger partial charge in [-0.2, -0.15) is 10.4 Å². The predicted octanol–water partition coefficient (Wildman–Crippen LogP) is 2.45. The number of piperazine rings is 1. The number of nitriles is 1. The lowest BCUT2D eigenvalue weighted by molar-refractivity contribution is 0.0123. The number of hydrogen-bond donors (Lipinski definition) is 2. The second kappa shape index (κ2) is 9.35. The summed E-state index contributed by atoms with van der Waals surface area (Å²) < 4.78 is 7.46. The van der Waals surface area contributed by atoms with Crippen molar-refractivity contribution in [2.45, 2.75) is 57.4 Å². The number of ether oxygens (including phenoxy) is 1. The Bertz CT molecular complexity index is 1390. The first-order valence-corrected chi connectivity index (χ1v) is 12.5. The number of hydrogen-bond acceptors (Lipinski definition) is 8. The fraction of sp³-hybridized carbons (Fsp3) is 0.464. The van der Waals surface area contributed by atoms with E-state index in [2.05, 4.69) is 32.8 Å². The number of piperidine rings is 1. The first kappa shape index (κ1) is 25.0. The van der Waals surface area contributed by atoms with Crippen LogP contribution in [0.5, 0.6) is 5.75 Å². The molecule has 3 aromatic rings. The lowest BCUT2D eigenvalue weighted by Gasteiger charge is -2.56. The Hall–Kier alpha value is -3.63. The third-order valence-electron chi connectivity index (χ3n) is 6.68. The highest BCUT2D eigenvalue weighted by atomic mass is 16.5. The Morgan fingerprint density at radius 2 is 1.89 bits per heavy atom. The van der Waals surface area contributed by atoms with Crippen LogP contribution in [0.15, 0.2) is 36.8 Å². The molecule has 2 atom stereocenters. The summed E-state index contributed by atoms with van der Waals surface area (Å²) in [5.74, 6) is 7.48. The Kier molecular flexibility index (Phi) is 6.33. The van der Waals surface area contributed by atoms with Gasteiger partial charge in [-0.1, -0.05) is 11.8 Å². The summed E-state index contributed by atoms with van der Waals surface area (Å²) in [5, 5.41) is 33.8. The highest BCUT2D eigenvalue weighted by molar-refractivity contribution is 5.85. The fourth-order valence-corrected chi connectivity index (χ4v) is 4.95. The molecule has 0 aliphatic carbocycles. The van der Waals surface area contributed by atoms with E-state index in [1.54, 1.807) is 38.4 Å². The van der Waals surface area contributed by atoms with E-state index >= 15 is 0 Å². The molecule has 6 heterocycles. The van der Waals surface area contributed by atoms with E-state index < -0.39 is 11.2 Å². The van der Waals surface area contributed by atoms with Crippen molar-refractivity contribution in [2.24, 2.45) is 0 Å². The smallest absolute Gasteiger partial charge is 0.138 e. The molecule has 0 saturated carbocycles. The van der Waals surface area contributed by atoms with Gasteiger partial charge in [0.25, 0.3) is 0 Å². The van der Waals surface area contributed by atoms with Gasteiger partial charge in [0, 0.05) is 42.5 Å². The molecule has 2 unspecified atom stereocenters. The van der Waals surface area contributed by atoms with Crippen molar-refractivity contribution in [3.8, 4) is 34.8 Å². The van der Waals surface area contributed by atoms with Crippen LogP contribution in [-0.4, -0.2) is 79.2 Å². The molecule has 3 aliphatic heterocycles. The maximum atomic E-state index is 10.1. The molecule has 0 amide bonds. The quantitative estimate of drug-likeness (QED) is 0.497. The molecule has 0 radical (unpaired) electrons. The second-order valence-corrected chi connectivity index (χ2v) is 11.0. The second-order valence-electron chi connectivity index (χ2n) is 11.0. The molecule has 192 valence electrons. The molecule has 3 aliphatic rings. The monoisotopic (exact) mass is 500 g/mol. The zero-order chi connectivity index (χ0) is 26.4. The van der Waals surface area contributed by atoms with Crippen LogP contribution in [0.1, 0.15) is 39.7 Å². The summed E-state index contributed by atoms with van der Waals surface area (Å²) in [6.07, 6.45) is 6.24. The summed E-state index contributed by atoms with van der Waals surface area (Å²) in [5.41, 5.74) is 0.860. The Morgan fingerprint density at radius 1 is 1.14 bits per heavy atom. The van der Waals surface area contributed by atoms with Gasteiger partial charge < -0.3 is 19.8 Å². The minimum atomic E-state index is -0.979. The van der Waals surface area contributed by atoms with Crippen LogP contribution in [0.2, 0.25) is 0 Å². The average Bonchev–Trinajstić information content (AvgIpc) is 3.27. The van der Waals surface area contributed by atoms with Crippen LogP contribution in [0.25, 0.3) is 16.6 Å². The van der Waals surface area contributed by atoms with Gasteiger partial charge in [-0.05, 0) is 52.3 Å². The number of aliphatic hydroxyl groups is 2. The Balaban J connectivity index is 1.35. The van der Waals surface area contributed by atoms with E-state index in [4.69, 9.17) is 9.72 Å². The molecule has 3 aromatic heterocycles. The van der Waals surface area contributed by atoms with E-state index in [0.29, 0.717) is 35.5 Å². The molecule has 2 bridgehead atoms. The van der Waals surface area contributed by atoms with Gasteiger partial charge in [-0.3, -0.25) is 4.90 Å². The van der Waals surface area contributed by atoms with E-state index in [0.717, 1.165) is 36.5 Å². The molecule has 0 spiro atoms. The number of nitrogens with zero attached hydrogens (tertiary/aromatic N) is 6. The van der Waals surface area contributed by atoms with Gasteiger partial charge in [0.15, 0.2) is 0 Å². The topological polar surface area (TPSA) is 110 Å². The number of pyridine rings is 2. The van der Waals surface area contributed by atoms with Gasteiger partial charge in [0.2, 0.25) is 0 Å². The van der Waals surface area contributed by atoms with Gasteiger partial charge >= 0.3 is 0 Å². The van der Waals surface area contributed by atoms with E-state index in [9.17, 15) is 15.5 Å². The van der Waals surface area contributed by atoms with Crippen LogP contribution >= 0.6 is 0 Å². The van der Waals surface area contributed by atoms with Crippen molar-refractivity contribution in [3.63, 3.8) is 0 Å². The van der Waals surface area contributed by atoms with Gasteiger partial charge in [-0.25, -0.2) is 9.50 Å². The third kappa shape index (κ3) is 5.40. The number of anilines is 1. The molecule has 3 saturated heterocycles. The van der Waals surface area contributed by atoms with Crippen molar-refractivity contribution in [3.05, 3.63) is 42.4 Å². The molecular formula is C28H32N6O3. The van der Waals surface area contributed by atoms with Crippen LogP contribution in [-0.2, 0) is 0 Å². The van der Waals surface area contributed by atoms with E-state index in [1.807, 2.05) is 24.4 Å². The maximum absolute atomic E-state index is 10.1. The summed E-state index contributed by atoms with van der Waals surface area (Å²) in [6.45, 7) is 9.34. The Labute approximate surface area is 216 Å². The van der Waals surface area contributed by atoms with E-state index in [1.165, 1.54) is 6.20 Å². The normalized spacial score (nSPS) is 19.6. The predicted molar refractivity (Wildman–Crippen MR) is 140 cm³/mol. The number of rotatable bonds is 6. The number of fused-ring (bicyclic) bond motifs is 3. The van der Waals surface area contributed by atoms with Crippen molar-refractivity contribution in [2.75, 3.05) is 31.1 Å². The van der Waals surface area contributed by atoms with Crippen LogP contribution in [0.4, 0.5) is 5.82 Å². The van der Waals surface area contributed by atoms with Crippen molar-refractivity contribution in [1.82, 2.24) is 19.5 Å². The molecule has 9 heteroatoms. The van der Waals surface area contributed by atoms with Crippen LogP contribution in [0, 0.1) is 23.2 Å². The summed E-state index contributed by atoms with van der Waals surface area (Å²) in [6, 6.07) is 8.98. The molecule has 3 fully saturated rings. The highest BCUT2D eigenvalue weighted by Crippen LogP contribution is 2.35. The van der Waals surface area contributed by atoms with Crippen LogP contribution in [0.3, 0.4) is 0 Å². The molecule has 2 N–H and O–H groups in total.